The number of nitrogens with zero attached hydrogens (tertiary/aromatic N) is 2. The van der Waals surface area contributed by atoms with Crippen LogP contribution in [0.5, 0.6) is 11.6 Å². The van der Waals surface area contributed by atoms with Crippen molar-refractivity contribution < 1.29 is 4.74 Å². The fraction of sp³-hybridized carbons (Fsp3) is 0. The summed E-state index contributed by atoms with van der Waals surface area (Å²) in [5, 5.41) is 0.406. The van der Waals surface area contributed by atoms with Crippen molar-refractivity contribution in [1.29, 1.82) is 0 Å². The molecule has 82 valence electrons. The molecule has 1 aromatic carbocycles. The highest BCUT2D eigenvalue weighted by molar-refractivity contribution is 9.10. The first-order chi connectivity index (χ1) is 7.65. The Kier molecular flexibility index (Phi) is 3.63. The first-order valence-electron chi connectivity index (χ1n) is 4.26. The van der Waals surface area contributed by atoms with Gasteiger partial charge in [-0.05, 0) is 35.9 Å². The van der Waals surface area contributed by atoms with Gasteiger partial charge in [-0.2, -0.15) is 4.98 Å². The molecular formula is C10H5BrCl2N2O. The third-order valence-electron chi connectivity index (χ3n) is 1.71. The fourth-order valence-electron chi connectivity index (χ4n) is 1.02. The van der Waals surface area contributed by atoms with E-state index in [4.69, 9.17) is 27.9 Å². The van der Waals surface area contributed by atoms with Gasteiger partial charge in [0.15, 0.2) is 0 Å². The number of halogens is 3. The van der Waals surface area contributed by atoms with Crippen molar-refractivity contribution in [3.05, 3.63) is 45.2 Å². The maximum absolute atomic E-state index is 5.86. The Morgan fingerprint density at radius 3 is 2.50 bits per heavy atom. The van der Waals surface area contributed by atoms with Crippen LogP contribution >= 0.6 is 39.1 Å². The fourth-order valence-corrected chi connectivity index (χ4v) is 1.54. The molecule has 0 amide bonds. The van der Waals surface area contributed by atoms with Gasteiger partial charge >= 0.3 is 0 Å². The Labute approximate surface area is 111 Å². The molecule has 16 heavy (non-hydrogen) atoms. The largest absolute Gasteiger partial charge is 0.437 e. The Bertz CT molecular complexity index is 505. The smallest absolute Gasteiger partial charge is 0.242 e. The lowest BCUT2D eigenvalue weighted by molar-refractivity contribution is 0.462. The number of aromatic nitrogens is 2. The van der Waals surface area contributed by atoms with Crippen LogP contribution in [0.15, 0.2) is 34.9 Å². The van der Waals surface area contributed by atoms with Gasteiger partial charge in [-0.1, -0.05) is 27.5 Å². The summed E-state index contributed by atoms with van der Waals surface area (Å²) in [5.41, 5.74) is 0. The minimum absolute atomic E-state index is 0.0940. The van der Waals surface area contributed by atoms with Crippen LogP contribution in [0.2, 0.25) is 10.3 Å². The molecule has 3 nitrogen and oxygen atoms in total. The van der Waals surface area contributed by atoms with Crippen molar-refractivity contribution >= 4 is 39.1 Å². The maximum Gasteiger partial charge on any atom is 0.242 e. The third-order valence-corrected chi connectivity index (χ3v) is 2.68. The Hall–Kier alpha value is -0.840. The molecule has 0 fully saturated rings. The van der Waals surface area contributed by atoms with E-state index >= 15 is 0 Å². The van der Waals surface area contributed by atoms with Crippen molar-refractivity contribution in [2.24, 2.45) is 0 Å². The van der Waals surface area contributed by atoms with E-state index < -0.39 is 0 Å². The van der Waals surface area contributed by atoms with Crippen molar-refractivity contribution in [3.8, 4) is 11.6 Å². The lowest BCUT2D eigenvalue weighted by atomic mass is 10.3. The first-order valence-corrected chi connectivity index (χ1v) is 5.81. The van der Waals surface area contributed by atoms with Crippen LogP contribution in [0.25, 0.3) is 0 Å². The average molecular weight is 320 g/mol. The van der Waals surface area contributed by atoms with E-state index in [0.29, 0.717) is 10.8 Å². The first kappa shape index (κ1) is 11.6. The highest BCUT2D eigenvalue weighted by Crippen LogP contribution is 2.28. The minimum Gasteiger partial charge on any atom is -0.437 e. The Morgan fingerprint density at radius 2 is 1.81 bits per heavy atom. The predicted octanol–water partition coefficient (Wildman–Crippen LogP) is 4.34. The second-order valence-corrected chi connectivity index (χ2v) is 4.51. The maximum atomic E-state index is 5.86. The summed E-state index contributed by atoms with van der Waals surface area (Å²) in [6.45, 7) is 0. The molecule has 0 aliphatic heterocycles. The molecule has 0 bridgehead atoms. The Morgan fingerprint density at radius 1 is 1.12 bits per heavy atom. The average Bonchev–Trinajstić information content (AvgIpc) is 2.27. The molecule has 0 unspecified atom stereocenters. The van der Waals surface area contributed by atoms with E-state index in [1.807, 2.05) is 12.1 Å². The van der Waals surface area contributed by atoms with Crippen molar-refractivity contribution in [3.63, 3.8) is 0 Å². The zero-order valence-corrected chi connectivity index (χ0v) is 10.9. The molecule has 2 rings (SSSR count). The molecular weight excluding hydrogens is 315 g/mol. The molecule has 6 heteroatoms. The van der Waals surface area contributed by atoms with E-state index in [0.717, 1.165) is 4.47 Å². The number of ether oxygens (including phenoxy) is 1. The number of benzene rings is 1. The van der Waals surface area contributed by atoms with Crippen molar-refractivity contribution in [2.45, 2.75) is 0 Å². The van der Waals surface area contributed by atoms with Crippen LogP contribution in [0.4, 0.5) is 0 Å². The highest BCUT2D eigenvalue weighted by Gasteiger charge is 2.06. The monoisotopic (exact) mass is 318 g/mol. The second kappa shape index (κ2) is 4.99. The Balaban J connectivity index is 2.26. The van der Waals surface area contributed by atoms with Gasteiger partial charge in [0.25, 0.3) is 0 Å². The van der Waals surface area contributed by atoms with Gasteiger partial charge in [-0.15, -0.1) is 0 Å². The molecule has 0 saturated heterocycles. The van der Waals surface area contributed by atoms with Gasteiger partial charge in [0.2, 0.25) is 11.2 Å². The molecule has 0 N–H and O–H groups in total. The van der Waals surface area contributed by atoms with Gasteiger partial charge < -0.3 is 4.74 Å². The summed E-state index contributed by atoms with van der Waals surface area (Å²) in [4.78, 5) is 7.61. The standard InChI is InChI=1S/C10H5BrCl2N2O/c11-6-1-3-7(4-2-6)16-9-8(12)5-14-10(13)15-9/h1-5H. The lowest BCUT2D eigenvalue weighted by Crippen LogP contribution is -1.91. The number of rotatable bonds is 2. The summed E-state index contributed by atoms with van der Waals surface area (Å²) in [7, 11) is 0. The van der Waals surface area contributed by atoms with E-state index in [1.165, 1.54) is 6.20 Å². The van der Waals surface area contributed by atoms with Crippen LogP contribution < -0.4 is 4.74 Å². The molecule has 2 aromatic rings. The normalized spacial score (nSPS) is 10.2. The quantitative estimate of drug-likeness (QED) is 0.772. The van der Waals surface area contributed by atoms with E-state index in [-0.39, 0.29) is 11.2 Å². The van der Waals surface area contributed by atoms with Gasteiger partial charge in [-0.3, -0.25) is 0 Å². The van der Waals surface area contributed by atoms with Crippen molar-refractivity contribution in [2.75, 3.05) is 0 Å². The molecule has 0 saturated carbocycles. The molecule has 1 heterocycles. The topological polar surface area (TPSA) is 35.0 Å². The van der Waals surface area contributed by atoms with Crippen LogP contribution in [-0.4, -0.2) is 9.97 Å². The van der Waals surface area contributed by atoms with Gasteiger partial charge in [-0.25, -0.2) is 4.98 Å². The van der Waals surface area contributed by atoms with Gasteiger partial charge in [0.1, 0.15) is 10.8 Å². The molecule has 0 radical (unpaired) electrons. The van der Waals surface area contributed by atoms with Crippen molar-refractivity contribution in [1.82, 2.24) is 9.97 Å². The molecule has 0 aliphatic rings. The summed E-state index contributed by atoms with van der Waals surface area (Å²) in [6, 6.07) is 7.28. The van der Waals surface area contributed by atoms with Crippen LogP contribution in [-0.2, 0) is 0 Å². The minimum atomic E-state index is 0.0940. The number of hydrogen-bond donors (Lipinski definition) is 0. The van der Waals surface area contributed by atoms with Gasteiger partial charge in [0, 0.05) is 4.47 Å². The molecule has 1 aromatic heterocycles. The zero-order valence-electron chi connectivity index (χ0n) is 7.82. The summed E-state index contributed by atoms with van der Waals surface area (Å²) in [5.74, 6) is 0.865. The van der Waals surface area contributed by atoms with Crippen LogP contribution in [0.3, 0.4) is 0 Å². The van der Waals surface area contributed by atoms with E-state index in [9.17, 15) is 0 Å². The van der Waals surface area contributed by atoms with Gasteiger partial charge in [0.05, 0.1) is 6.20 Å². The molecule has 0 spiro atoms. The summed E-state index contributed by atoms with van der Waals surface area (Å²) < 4.78 is 6.42. The predicted molar refractivity (Wildman–Crippen MR) is 66.3 cm³/mol. The van der Waals surface area contributed by atoms with E-state index in [2.05, 4.69) is 25.9 Å². The summed E-state index contributed by atoms with van der Waals surface area (Å²) in [6.07, 6.45) is 1.39. The SMILES string of the molecule is Clc1ncc(Cl)c(Oc2ccc(Br)cc2)n1. The molecule has 0 atom stereocenters. The second-order valence-electron chi connectivity index (χ2n) is 2.85. The van der Waals surface area contributed by atoms with Crippen LogP contribution in [0, 0.1) is 0 Å². The number of hydrogen-bond acceptors (Lipinski definition) is 3. The summed E-state index contributed by atoms with van der Waals surface area (Å²) >= 11 is 14.8. The van der Waals surface area contributed by atoms with Crippen LogP contribution in [0.1, 0.15) is 0 Å². The third kappa shape index (κ3) is 2.84. The molecule has 0 aliphatic carbocycles. The van der Waals surface area contributed by atoms with E-state index in [1.54, 1.807) is 12.1 Å². The highest BCUT2D eigenvalue weighted by atomic mass is 79.9. The lowest BCUT2D eigenvalue weighted by Gasteiger charge is -2.05. The zero-order chi connectivity index (χ0) is 11.5.